The monoisotopic (exact) mass is 426 g/mol. The zero-order chi connectivity index (χ0) is 22.4. The Kier molecular flexibility index (Phi) is 7.65. The number of methoxy groups -OCH3 is 1. The van der Waals surface area contributed by atoms with Crippen LogP contribution >= 0.6 is 0 Å². The summed E-state index contributed by atoms with van der Waals surface area (Å²) >= 11 is 0. The number of benzene rings is 2. The van der Waals surface area contributed by atoms with Crippen molar-refractivity contribution in [2.24, 2.45) is 5.92 Å². The predicted molar refractivity (Wildman–Crippen MR) is 118 cm³/mol. The maximum absolute atomic E-state index is 12.5. The fourth-order valence-electron chi connectivity index (χ4n) is 3.69. The van der Waals surface area contributed by atoms with Gasteiger partial charge in [-0.05, 0) is 41.3 Å². The first-order chi connectivity index (χ1) is 14.9. The number of anilines is 1. The van der Waals surface area contributed by atoms with E-state index in [1.807, 2.05) is 62.4 Å². The van der Waals surface area contributed by atoms with Crippen LogP contribution in [0.15, 0.2) is 48.5 Å². The molecule has 1 aliphatic rings. The maximum Gasteiger partial charge on any atom is 0.249 e. The molecule has 1 saturated heterocycles. The molecule has 31 heavy (non-hydrogen) atoms. The summed E-state index contributed by atoms with van der Waals surface area (Å²) in [6.07, 6.45) is 0.00375. The number of nitrogens with zero attached hydrogens (tertiary/aromatic N) is 1. The molecule has 3 rings (SSSR count). The highest BCUT2D eigenvalue weighted by Gasteiger charge is 2.37. The zero-order valence-electron chi connectivity index (χ0n) is 18.2. The maximum atomic E-state index is 12.5. The summed E-state index contributed by atoms with van der Waals surface area (Å²) in [7, 11) is 1.61. The second-order valence-electron chi connectivity index (χ2n) is 8.12. The lowest BCUT2D eigenvalue weighted by atomic mass is 9.98. The van der Waals surface area contributed by atoms with Gasteiger partial charge in [-0.15, -0.1) is 0 Å². The Hall–Kier alpha value is -2.90. The number of aliphatic hydroxyl groups excluding tert-OH is 1. The summed E-state index contributed by atoms with van der Waals surface area (Å²) in [5.74, 6) is 0.841. The van der Waals surface area contributed by atoms with Crippen molar-refractivity contribution in [1.82, 2.24) is 4.90 Å². The van der Waals surface area contributed by atoms with E-state index in [0.717, 1.165) is 16.9 Å². The lowest BCUT2D eigenvalue weighted by molar-refractivity contribution is -0.162. The highest BCUT2D eigenvalue weighted by Crippen LogP contribution is 2.31. The number of morpholine rings is 1. The first-order valence-corrected chi connectivity index (χ1v) is 10.5. The molecular weight excluding hydrogens is 396 g/mol. The Balaban J connectivity index is 1.73. The van der Waals surface area contributed by atoms with Crippen LogP contribution in [0.4, 0.5) is 5.69 Å². The zero-order valence-corrected chi connectivity index (χ0v) is 18.2. The number of carbonyl (C=O) groups excluding carboxylic acids is 2. The summed E-state index contributed by atoms with van der Waals surface area (Å²) in [6, 6.07) is 14.3. The normalized spacial score (nSPS) is 18.9. The third kappa shape index (κ3) is 5.83. The minimum Gasteiger partial charge on any atom is -0.497 e. The summed E-state index contributed by atoms with van der Waals surface area (Å²) in [5, 5.41) is 13.0. The number of rotatable bonds is 8. The molecule has 0 aromatic heterocycles. The van der Waals surface area contributed by atoms with Crippen molar-refractivity contribution in [2.75, 3.05) is 25.6 Å². The number of hydrogen-bond donors (Lipinski definition) is 2. The molecule has 1 aliphatic heterocycles. The molecule has 0 spiro atoms. The first kappa shape index (κ1) is 22.8. The van der Waals surface area contributed by atoms with E-state index in [9.17, 15) is 14.7 Å². The van der Waals surface area contributed by atoms with Crippen molar-refractivity contribution in [3.05, 3.63) is 59.7 Å². The second kappa shape index (κ2) is 10.4. The molecule has 2 amide bonds. The fourth-order valence-corrected chi connectivity index (χ4v) is 3.69. The van der Waals surface area contributed by atoms with Crippen molar-refractivity contribution in [1.29, 1.82) is 0 Å². The SMILES string of the molecule is COc1ccc(CN2C(=O)COC(c3ccc(NC(=O)CC(C)C)cc3)C2CO)cc1. The van der Waals surface area contributed by atoms with Gasteiger partial charge in [-0.25, -0.2) is 0 Å². The van der Waals surface area contributed by atoms with E-state index in [4.69, 9.17) is 9.47 Å². The van der Waals surface area contributed by atoms with Gasteiger partial charge in [0.1, 0.15) is 18.5 Å². The smallest absolute Gasteiger partial charge is 0.249 e. The molecule has 1 heterocycles. The van der Waals surface area contributed by atoms with Crippen molar-refractivity contribution in [3.63, 3.8) is 0 Å². The molecular formula is C24H30N2O5. The first-order valence-electron chi connectivity index (χ1n) is 10.5. The van der Waals surface area contributed by atoms with E-state index in [1.165, 1.54) is 0 Å². The molecule has 1 fully saturated rings. The molecule has 0 saturated carbocycles. The molecule has 2 atom stereocenters. The highest BCUT2D eigenvalue weighted by molar-refractivity contribution is 5.90. The Bertz CT molecular complexity index is 880. The predicted octanol–water partition coefficient (Wildman–Crippen LogP) is 3.14. The number of ether oxygens (including phenoxy) is 2. The number of amides is 2. The highest BCUT2D eigenvalue weighted by atomic mass is 16.5. The Labute approximate surface area is 183 Å². The van der Waals surface area contributed by atoms with Gasteiger partial charge in [0.15, 0.2) is 0 Å². The second-order valence-corrected chi connectivity index (χ2v) is 8.12. The Morgan fingerprint density at radius 1 is 1.19 bits per heavy atom. The molecule has 2 unspecified atom stereocenters. The lowest BCUT2D eigenvalue weighted by Gasteiger charge is -2.40. The quantitative estimate of drug-likeness (QED) is 0.677. The minimum atomic E-state index is -0.510. The number of aliphatic hydroxyl groups is 1. The average molecular weight is 427 g/mol. The van der Waals surface area contributed by atoms with Gasteiger partial charge < -0.3 is 24.8 Å². The van der Waals surface area contributed by atoms with Gasteiger partial charge in [-0.1, -0.05) is 38.1 Å². The topological polar surface area (TPSA) is 88.1 Å². The third-order valence-corrected chi connectivity index (χ3v) is 5.27. The van der Waals surface area contributed by atoms with Crippen LogP contribution in [0.25, 0.3) is 0 Å². The van der Waals surface area contributed by atoms with E-state index in [1.54, 1.807) is 12.0 Å². The van der Waals surface area contributed by atoms with E-state index in [0.29, 0.717) is 18.7 Å². The van der Waals surface area contributed by atoms with Crippen molar-refractivity contribution in [3.8, 4) is 5.75 Å². The fraction of sp³-hybridized carbons (Fsp3) is 0.417. The largest absolute Gasteiger partial charge is 0.497 e. The number of hydrogen-bond acceptors (Lipinski definition) is 5. The Morgan fingerprint density at radius 3 is 2.45 bits per heavy atom. The standard InChI is InChI=1S/C24H30N2O5/c1-16(2)12-22(28)25-19-8-6-18(7-9-19)24-21(14-27)26(23(29)15-31-24)13-17-4-10-20(30-3)11-5-17/h4-11,16,21,24,27H,12-15H2,1-3H3,(H,25,28). The van der Waals surface area contributed by atoms with E-state index in [-0.39, 0.29) is 30.9 Å². The molecule has 2 aromatic rings. The third-order valence-electron chi connectivity index (χ3n) is 5.27. The molecule has 7 heteroatoms. The van der Waals surface area contributed by atoms with Crippen LogP contribution in [0.1, 0.15) is 37.5 Å². The van der Waals surface area contributed by atoms with Gasteiger partial charge in [-0.3, -0.25) is 9.59 Å². The number of carbonyl (C=O) groups is 2. The van der Waals surface area contributed by atoms with Crippen LogP contribution in [-0.4, -0.2) is 48.2 Å². The van der Waals surface area contributed by atoms with Gasteiger partial charge >= 0.3 is 0 Å². The molecule has 0 radical (unpaired) electrons. The van der Waals surface area contributed by atoms with Crippen LogP contribution < -0.4 is 10.1 Å². The van der Waals surface area contributed by atoms with Crippen molar-refractivity contribution >= 4 is 17.5 Å². The molecule has 2 N–H and O–H groups in total. The molecule has 7 nitrogen and oxygen atoms in total. The average Bonchev–Trinajstić information content (AvgIpc) is 2.75. The van der Waals surface area contributed by atoms with Gasteiger partial charge in [0.05, 0.1) is 19.8 Å². The van der Waals surface area contributed by atoms with E-state index in [2.05, 4.69) is 5.32 Å². The van der Waals surface area contributed by atoms with Crippen LogP contribution in [0, 0.1) is 5.92 Å². The van der Waals surface area contributed by atoms with E-state index < -0.39 is 12.1 Å². The summed E-state index contributed by atoms with van der Waals surface area (Å²) in [5.41, 5.74) is 2.49. The van der Waals surface area contributed by atoms with Gasteiger partial charge in [-0.2, -0.15) is 0 Å². The van der Waals surface area contributed by atoms with Crippen molar-refractivity contribution in [2.45, 2.75) is 39.0 Å². The molecule has 166 valence electrons. The number of nitrogens with one attached hydrogen (secondary N) is 1. The lowest BCUT2D eigenvalue weighted by Crippen LogP contribution is -2.52. The van der Waals surface area contributed by atoms with Crippen LogP contribution in [0.2, 0.25) is 0 Å². The molecule has 0 aliphatic carbocycles. The van der Waals surface area contributed by atoms with Crippen LogP contribution in [0.5, 0.6) is 5.75 Å². The molecule has 2 aromatic carbocycles. The van der Waals surface area contributed by atoms with Gasteiger partial charge in [0.2, 0.25) is 11.8 Å². The minimum absolute atomic E-state index is 0.0267. The van der Waals surface area contributed by atoms with Crippen LogP contribution in [0.3, 0.4) is 0 Å². The van der Waals surface area contributed by atoms with Crippen LogP contribution in [-0.2, 0) is 20.9 Å². The van der Waals surface area contributed by atoms with E-state index >= 15 is 0 Å². The van der Waals surface area contributed by atoms with Gasteiger partial charge in [0, 0.05) is 18.7 Å². The Morgan fingerprint density at radius 2 is 1.87 bits per heavy atom. The van der Waals surface area contributed by atoms with Crippen molar-refractivity contribution < 1.29 is 24.2 Å². The molecule has 0 bridgehead atoms. The summed E-state index contributed by atoms with van der Waals surface area (Å²) < 4.78 is 11.0. The summed E-state index contributed by atoms with van der Waals surface area (Å²) in [4.78, 5) is 26.2. The summed E-state index contributed by atoms with van der Waals surface area (Å²) in [6.45, 7) is 4.09. The van der Waals surface area contributed by atoms with Gasteiger partial charge in [0.25, 0.3) is 0 Å².